The second-order valence-electron chi connectivity index (χ2n) is 3.70. The molecule has 2 heterocycles. The molecular formula is C7H10BF3N3O-. The lowest BCUT2D eigenvalue weighted by Gasteiger charge is -2.11. The van der Waals surface area contributed by atoms with E-state index >= 15 is 0 Å². The van der Waals surface area contributed by atoms with Gasteiger partial charge in [0.15, 0.2) is 0 Å². The summed E-state index contributed by atoms with van der Waals surface area (Å²) in [6.45, 7) is -4.52. The van der Waals surface area contributed by atoms with Crippen molar-refractivity contribution in [2.45, 2.75) is 32.3 Å². The van der Waals surface area contributed by atoms with Crippen molar-refractivity contribution in [3.8, 4) is 0 Å². The molecule has 1 aromatic heterocycles. The van der Waals surface area contributed by atoms with Crippen LogP contribution in [0, 0.1) is 0 Å². The van der Waals surface area contributed by atoms with Gasteiger partial charge in [-0.3, -0.25) is 4.57 Å². The highest BCUT2D eigenvalue weighted by molar-refractivity contribution is 6.57. The maximum absolute atomic E-state index is 12.1. The molecule has 1 aliphatic heterocycles. The molecule has 0 fully saturated rings. The van der Waals surface area contributed by atoms with Gasteiger partial charge in [0.1, 0.15) is 5.82 Å². The van der Waals surface area contributed by atoms with Crippen LogP contribution >= 0.6 is 0 Å². The molecule has 84 valence electrons. The number of aromatic nitrogens is 3. The summed E-state index contributed by atoms with van der Waals surface area (Å²) in [6.07, 6.45) is 1.06. The molecule has 4 nitrogen and oxygen atoms in total. The Bertz CT molecular complexity index is 422. The van der Waals surface area contributed by atoms with Crippen LogP contribution in [0.15, 0.2) is 4.79 Å². The van der Waals surface area contributed by atoms with E-state index < -0.39 is 19.1 Å². The minimum atomic E-state index is -5.01. The van der Waals surface area contributed by atoms with E-state index in [4.69, 9.17) is 0 Å². The van der Waals surface area contributed by atoms with Crippen molar-refractivity contribution in [3.63, 3.8) is 0 Å². The fourth-order valence-corrected chi connectivity index (χ4v) is 1.76. The number of halogens is 3. The third-order valence-corrected chi connectivity index (χ3v) is 2.41. The Morgan fingerprint density at radius 2 is 2.07 bits per heavy atom. The summed E-state index contributed by atoms with van der Waals surface area (Å²) < 4.78 is 38.3. The Morgan fingerprint density at radius 1 is 1.33 bits per heavy atom. The molecule has 0 aromatic carbocycles. The average Bonchev–Trinajstić information content (AvgIpc) is 2.42. The van der Waals surface area contributed by atoms with Crippen molar-refractivity contribution >= 4 is 6.98 Å². The van der Waals surface area contributed by atoms with Crippen LogP contribution in [0.5, 0.6) is 0 Å². The van der Waals surface area contributed by atoms with Gasteiger partial charge in [-0.25, -0.2) is 9.48 Å². The van der Waals surface area contributed by atoms with Crippen molar-refractivity contribution in [2.24, 2.45) is 0 Å². The summed E-state index contributed by atoms with van der Waals surface area (Å²) in [5, 5.41) is 3.70. The Kier molecular flexibility index (Phi) is 2.36. The zero-order valence-corrected chi connectivity index (χ0v) is 8.00. The van der Waals surface area contributed by atoms with Crippen molar-refractivity contribution < 1.29 is 12.9 Å². The minimum Gasteiger partial charge on any atom is -0.448 e. The quantitative estimate of drug-likeness (QED) is 0.690. The molecule has 0 saturated heterocycles. The van der Waals surface area contributed by atoms with E-state index in [1.54, 1.807) is 0 Å². The van der Waals surface area contributed by atoms with Crippen molar-refractivity contribution in [2.75, 3.05) is 0 Å². The summed E-state index contributed by atoms with van der Waals surface area (Å²) in [6, 6.07) is 0. The average molecular weight is 220 g/mol. The zero-order valence-electron chi connectivity index (χ0n) is 8.00. The predicted molar refractivity (Wildman–Crippen MR) is 48.5 cm³/mol. The summed E-state index contributed by atoms with van der Waals surface area (Å²) in [4.78, 5) is 11.5. The molecule has 1 aromatic rings. The van der Waals surface area contributed by atoms with E-state index in [1.807, 2.05) is 0 Å². The van der Waals surface area contributed by atoms with E-state index in [0.29, 0.717) is 23.5 Å². The Balaban J connectivity index is 2.34. The van der Waals surface area contributed by atoms with E-state index in [-0.39, 0.29) is 0 Å². The van der Waals surface area contributed by atoms with E-state index in [0.717, 1.165) is 12.8 Å². The standard InChI is InChI=1S/C7H10BF3N3O/c9-8(10,11)5-14-7(15)13-4-2-1-3-6(13)12-14/h1-5H2/q-1. The normalized spacial score (nSPS) is 16.5. The molecule has 0 aliphatic carbocycles. The highest BCUT2D eigenvalue weighted by Crippen LogP contribution is 2.12. The highest BCUT2D eigenvalue weighted by Gasteiger charge is 2.27. The molecule has 0 N–H and O–H groups in total. The second-order valence-corrected chi connectivity index (χ2v) is 3.70. The number of nitrogens with zero attached hydrogens (tertiary/aromatic N) is 3. The summed E-state index contributed by atoms with van der Waals surface area (Å²) in [5.74, 6) is 0.478. The second kappa shape index (κ2) is 3.43. The molecule has 0 spiro atoms. The Morgan fingerprint density at radius 3 is 2.67 bits per heavy atom. The molecule has 0 atom stereocenters. The van der Waals surface area contributed by atoms with Gasteiger partial charge in [0, 0.05) is 19.4 Å². The first-order chi connectivity index (χ1) is 6.97. The lowest BCUT2D eigenvalue weighted by molar-refractivity contribution is 0.431. The summed E-state index contributed by atoms with van der Waals surface area (Å²) >= 11 is 0. The van der Waals surface area contributed by atoms with Crippen molar-refractivity contribution in [1.82, 2.24) is 14.3 Å². The van der Waals surface area contributed by atoms with Gasteiger partial charge in [-0.05, 0) is 12.8 Å². The van der Waals surface area contributed by atoms with Gasteiger partial charge in [0.05, 0.1) is 0 Å². The molecule has 0 bridgehead atoms. The number of fused-ring (bicyclic) bond motifs is 1. The SMILES string of the molecule is O=c1n(C[B-](F)(F)F)nc2n1CCCC2. The molecular weight excluding hydrogens is 210 g/mol. The van der Waals surface area contributed by atoms with E-state index in [2.05, 4.69) is 5.10 Å². The summed E-state index contributed by atoms with van der Waals surface area (Å²) in [5.41, 5.74) is -0.635. The lowest BCUT2D eigenvalue weighted by atomic mass is 9.93. The fraction of sp³-hybridized carbons (Fsp3) is 0.714. The predicted octanol–water partition coefficient (Wildman–Crippen LogP) is 0.768. The maximum Gasteiger partial charge on any atom is 0.499 e. The van der Waals surface area contributed by atoms with Crippen LogP contribution in [-0.2, 0) is 19.4 Å². The first-order valence-electron chi connectivity index (χ1n) is 4.85. The number of rotatable bonds is 2. The van der Waals surface area contributed by atoms with Crippen LogP contribution in [0.2, 0.25) is 0 Å². The number of hydrogen-bond acceptors (Lipinski definition) is 2. The van der Waals surface area contributed by atoms with Crippen LogP contribution in [0.1, 0.15) is 18.7 Å². The van der Waals surface area contributed by atoms with Crippen LogP contribution in [-0.4, -0.2) is 21.3 Å². The fourth-order valence-electron chi connectivity index (χ4n) is 1.76. The monoisotopic (exact) mass is 220 g/mol. The topological polar surface area (TPSA) is 39.8 Å². The molecule has 0 radical (unpaired) electrons. The lowest BCUT2D eigenvalue weighted by Crippen LogP contribution is -2.34. The van der Waals surface area contributed by atoms with Crippen molar-refractivity contribution in [1.29, 1.82) is 0 Å². The van der Waals surface area contributed by atoms with Gasteiger partial charge < -0.3 is 12.9 Å². The Hall–Kier alpha value is -1.21. The zero-order chi connectivity index (χ0) is 11.1. The maximum atomic E-state index is 12.1. The van der Waals surface area contributed by atoms with Gasteiger partial charge in [0.2, 0.25) is 0 Å². The van der Waals surface area contributed by atoms with Gasteiger partial charge in [-0.2, -0.15) is 5.10 Å². The largest absolute Gasteiger partial charge is 0.499 e. The van der Waals surface area contributed by atoms with Crippen LogP contribution < -0.4 is 5.69 Å². The third kappa shape index (κ3) is 2.08. The van der Waals surface area contributed by atoms with Crippen molar-refractivity contribution in [3.05, 3.63) is 16.3 Å². The molecule has 2 rings (SSSR count). The van der Waals surface area contributed by atoms with Crippen LogP contribution in [0.4, 0.5) is 12.9 Å². The van der Waals surface area contributed by atoms with Crippen LogP contribution in [0.3, 0.4) is 0 Å². The van der Waals surface area contributed by atoms with Gasteiger partial charge in [-0.1, -0.05) is 0 Å². The first-order valence-corrected chi connectivity index (χ1v) is 4.85. The molecule has 0 saturated carbocycles. The number of aryl methyl sites for hydroxylation is 1. The van der Waals surface area contributed by atoms with E-state index in [9.17, 15) is 17.7 Å². The third-order valence-electron chi connectivity index (χ3n) is 2.41. The highest BCUT2D eigenvalue weighted by atomic mass is 19.4. The first kappa shape index (κ1) is 10.3. The molecule has 15 heavy (non-hydrogen) atoms. The molecule has 0 amide bonds. The van der Waals surface area contributed by atoms with Gasteiger partial charge in [-0.15, -0.1) is 0 Å². The Labute approximate surface area is 83.8 Å². The molecule has 1 aliphatic rings. The molecule has 8 heteroatoms. The van der Waals surface area contributed by atoms with Gasteiger partial charge >= 0.3 is 12.7 Å². The van der Waals surface area contributed by atoms with Gasteiger partial charge in [0.25, 0.3) is 0 Å². The van der Waals surface area contributed by atoms with E-state index in [1.165, 1.54) is 4.57 Å². The number of hydrogen-bond donors (Lipinski definition) is 0. The summed E-state index contributed by atoms with van der Waals surface area (Å²) in [7, 11) is 0. The molecule has 0 unspecified atom stereocenters. The smallest absolute Gasteiger partial charge is 0.448 e. The minimum absolute atomic E-state index is 0.478. The van der Waals surface area contributed by atoms with Crippen LogP contribution in [0.25, 0.3) is 0 Å².